The molecule has 0 spiro atoms. The summed E-state index contributed by atoms with van der Waals surface area (Å²) in [5.41, 5.74) is 2.07. The van der Waals surface area contributed by atoms with E-state index in [1.165, 1.54) is 16.0 Å². The number of carboxylic acid groups (broad SMARTS) is 1. The van der Waals surface area contributed by atoms with Gasteiger partial charge in [0.1, 0.15) is 10.7 Å². The Kier molecular flexibility index (Phi) is 4.13. The number of hydrogen-bond acceptors (Lipinski definition) is 4. The van der Waals surface area contributed by atoms with Crippen molar-refractivity contribution in [3.8, 4) is 0 Å². The molecule has 0 saturated heterocycles. The van der Waals surface area contributed by atoms with Crippen molar-refractivity contribution in [3.63, 3.8) is 0 Å². The van der Waals surface area contributed by atoms with Gasteiger partial charge in [-0.15, -0.1) is 11.3 Å². The van der Waals surface area contributed by atoms with Gasteiger partial charge in [-0.1, -0.05) is 6.92 Å². The fourth-order valence-electron chi connectivity index (χ4n) is 2.05. The highest BCUT2D eigenvalue weighted by Crippen LogP contribution is 2.32. The topological polar surface area (TPSA) is 84.2 Å². The molecule has 0 bridgehead atoms. The summed E-state index contributed by atoms with van der Waals surface area (Å²) in [4.78, 5) is 24.5. The molecule has 2 aromatic heterocycles. The van der Waals surface area contributed by atoms with Crippen molar-refractivity contribution < 1.29 is 14.7 Å². The molecule has 0 aliphatic rings. The van der Waals surface area contributed by atoms with Crippen molar-refractivity contribution in [2.24, 2.45) is 7.05 Å². The van der Waals surface area contributed by atoms with Crippen LogP contribution in [0, 0.1) is 13.8 Å². The summed E-state index contributed by atoms with van der Waals surface area (Å²) in [6.45, 7) is 5.53. The van der Waals surface area contributed by atoms with E-state index in [4.69, 9.17) is 0 Å². The highest BCUT2D eigenvalue weighted by Gasteiger charge is 2.22. The average Bonchev–Trinajstić information content (AvgIpc) is 2.91. The lowest BCUT2D eigenvalue weighted by molar-refractivity contribution is 0.0697. The lowest BCUT2D eigenvalue weighted by Crippen LogP contribution is -2.17. The van der Waals surface area contributed by atoms with Gasteiger partial charge >= 0.3 is 5.97 Å². The summed E-state index contributed by atoms with van der Waals surface area (Å²) in [6, 6.07) is 1.71. The van der Waals surface area contributed by atoms with Gasteiger partial charge in [0.05, 0.1) is 11.3 Å². The lowest BCUT2D eigenvalue weighted by atomic mass is 10.1. The number of aromatic carboxylic acids is 1. The van der Waals surface area contributed by atoms with Crippen LogP contribution in [-0.4, -0.2) is 26.8 Å². The van der Waals surface area contributed by atoms with Crippen LogP contribution in [-0.2, 0) is 13.5 Å². The van der Waals surface area contributed by atoms with Gasteiger partial charge in [0, 0.05) is 11.9 Å². The normalized spacial score (nSPS) is 10.7. The number of carbonyl (C=O) groups excluding carboxylic acids is 1. The van der Waals surface area contributed by atoms with E-state index < -0.39 is 5.97 Å². The molecule has 6 nitrogen and oxygen atoms in total. The van der Waals surface area contributed by atoms with E-state index in [1.807, 2.05) is 13.8 Å². The minimum Gasteiger partial charge on any atom is -0.478 e. The Labute approximate surface area is 126 Å². The average molecular weight is 307 g/mol. The summed E-state index contributed by atoms with van der Waals surface area (Å²) in [5.74, 6) is -1.39. The quantitative estimate of drug-likeness (QED) is 0.909. The molecule has 0 aliphatic carbocycles. The predicted molar refractivity (Wildman–Crippen MR) is 81.3 cm³/mol. The molecule has 0 fully saturated rings. The molecule has 2 N–H and O–H groups in total. The molecule has 2 aromatic rings. The van der Waals surface area contributed by atoms with Crippen LogP contribution in [0.4, 0.5) is 5.00 Å². The largest absolute Gasteiger partial charge is 0.478 e. The van der Waals surface area contributed by atoms with Gasteiger partial charge < -0.3 is 10.4 Å². The summed E-state index contributed by atoms with van der Waals surface area (Å²) < 4.78 is 1.50. The molecule has 0 unspecified atom stereocenters. The van der Waals surface area contributed by atoms with E-state index in [9.17, 15) is 14.7 Å². The van der Waals surface area contributed by atoms with E-state index in [2.05, 4.69) is 10.4 Å². The second kappa shape index (κ2) is 5.69. The van der Waals surface area contributed by atoms with Gasteiger partial charge in [0.25, 0.3) is 5.91 Å². The zero-order valence-corrected chi connectivity index (χ0v) is 13.2. The number of aryl methyl sites for hydroxylation is 3. The Morgan fingerprint density at radius 3 is 2.62 bits per heavy atom. The zero-order chi connectivity index (χ0) is 15.7. The first-order chi connectivity index (χ1) is 9.85. The number of aromatic nitrogens is 2. The molecule has 0 saturated carbocycles. The van der Waals surface area contributed by atoms with E-state index >= 15 is 0 Å². The van der Waals surface area contributed by atoms with Crippen molar-refractivity contribution >= 4 is 28.2 Å². The highest BCUT2D eigenvalue weighted by molar-refractivity contribution is 7.16. The monoisotopic (exact) mass is 307 g/mol. The van der Waals surface area contributed by atoms with Gasteiger partial charge in [-0.05, 0) is 31.9 Å². The van der Waals surface area contributed by atoms with Crippen molar-refractivity contribution in [1.29, 1.82) is 0 Å². The van der Waals surface area contributed by atoms with Crippen molar-refractivity contribution in [1.82, 2.24) is 9.78 Å². The molecule has 2 heterocycles. The van der Waals surface area contributed by atoms with Gasteiger partial charge in [-0.25, -0.2) is 4.79 Å². The second-order valence-electron chi connectivity index (χ2n) is 4.74. The SMILES string of the molecule is CCc1cc(C(=O)Nc2sc(C)c(C)c2C(=O)O)n(C)n1. The van der Waals surface area contributed by atoms with Crippen LogP contribution in [0.5, 0.6) is 0 Å². The van der Waals surface area contributed by atoms with Crippen LogP contribution in [0.3, 0.4) is 0 Å². The van der Waals surface area contributed by atoms with Crippen LogP contribution >= 0.6 is 11.3 Å². The van der Waals surface area contributed by atoms with Crippen LogP contribution < -0.4 is 5.32 Å². The third-order valence-electron chi connectivity index (χ3n) is 3.35. The Morgan fingerprint density at radius 1 is 1.43 bits per heavy atom. The number of nitrogens with one attached hydrogen (secondary N) is 1. The number of rotatable bonds is 4. The van der Waals surface area contributed by atoms with Crippen LogP contribution in [0.1, 0.15) is 43.9 Å². The molecule has 21 heavy (non-hydrogen) atoms. The van der Waals surface area contributed by atoms with Crippen LogP contribution in [0.15, 0.2) is 6.07 Å². The fraction of sp³-hybridized carbons (Fsp3) is 0.357. The number of thiophene rings is 1. The molecule has 1 amide bonds. The number of carbonyl (C=O) groups is 2. The first-order valence-electron chi connectivity index (χ1n) is 6.52. The maximum atomic E-state index is 12.3. The van der Waals surface area contributed by atoms with E-state index in [-0.39, 0.29) is 11.5 Å². The third-order valence-corrected chi connectivity index (χ3v) is 4.47. The first-order valence-corrected chi connectivity index (χ1v) is 7.34. The van der Waals surface area contributed by atoms with Crippen LogP contribution in [0.2, 0.25) is 0 Å². The maximum Gasteiger partial charge on any atom is 0.338 e. The Hall–Kier alpha value is -2.15. The van der Waals surface area contributed by atoms with Crippen molar-refractivity contribution in [3.05, 3.63) is 33.5 Å². The van der Waals surface area contributed by atoms with E-state index in [0.29, 0.717) is 16.3 Å². The highest BCUT2D eigenvalue weighted by atomic mass is 32.1. The Morgan fingerprint density at radius 2 is 2.10 bits per heavy atom. The van der Waals surface area contributed by atoms with Crippen molar-refractivity contribution in [2.45, 2.75) is 27.2 Å². The third kappa shape index (κ3) is 2.82. The number of hydrogen-bond donors (Lipinski definition) is 2. The molecular weight excluding hydrogens is 290 g/mol. The summed E-state index contributed by atoms with van der Waals surface area (Å²) in [7, 11) is 1.69. The lowest BCUT2D eigenvalue weighted by Gasteiger charge is -2.04. The predicted octanol–water partition coefficient (Wildman–Crippen LogP) is 2.61. The minimum atomic E-state index is -1.04. The van der Waals surface area contributed by atoms with E-state index in [1.54, 1.807) is 20.0 Å². The summed E-state index contributed by atoms with van der Waals surface area (Å²) in [5, 5.41) is 16.5. The molecular formula is C14H17N3O3S. The molecule has 2 rings (SSSR count). The molecule has 7 heteroatoms. The smallest absolute Gasteiger partial charge is 0.338 e. The Bertz CT molecular complexity index is 715. The number of amides is 1. The minimum absolute atomic E-state index is 0.156. The number of anilines is 1. The fourth-order valence-corrected chi connectivity index (χ4v) is 3.10. The van der Waals surface area contributed by atoms with E-state index in [0.717, 1.165) is 17.0 Å². The second-order valence-corrected chi connectivity index (χ2v) is 5.97. The number of nitrogens with zero attached hydrogens (tertiary/aromatic N) is 2. The standard InChI is InChI=1S/C14H17N3O3S/c1-5-9-6-10(17(4)16-9)12(18)15-13-11(14(19)20)7(2)8(3)21-13/h6H,5H2,1-4H3,(H,15,18)(H,19,20). The van der Waals surface area contributed by atoms with Crippen molar-refractivity contribution in [2.75, 3.05) is 5.32 Å². The first kappa shape index (κ1) is 15.2. The molecule has 0 atom stereocenters. The number of carboxylic acids is 1. The van der Waals surface area contributed by atoms with Gasteiger partial charge in [-0.2, -0.15) is 5.10 Å². The van der Waals surface area contributed by atoms with Gasteiger partial charge in [0.2, 0.25) is 0 Å². The molecule has 0 aliphatic heterocycles. The molecule has 112 valence electrons. The summed E-state index contributed by atoms with van der Waals surface area (Å²) in [6.07, 6.45) is 0.735. The zero-order valence-electron chi connectivity index (χ0n) is 12.4. The van der Waals surface area contributed by atoms with Gasteiger partial charge in [-0.3, -0.25) is 9.48 Å². The summed E-state index contributed by atoms with van der Waals surface area (Å²) >= 11 is 1.27. The Balaban J connectivity index is 2.33. The maximum absolute atomic E-state index is 12.3. The van der Waals surface area contributed by atoms with Gasteiger partial charge in [0.15, 0.2) is 0 Å². The molecule has 0 radical (unpaired) electrons. The molecule has 0 aromatic carbocycles. The van der Waals surface area contributed by atoms with Crippen LogP contribution in [0.25, 0.3) is 0 Å².